The fraction of sp³-hybridized carbons (Fsp3) is 0.545. The molecule has 0 unspecified atom stereocenters. The van der Waals surface area contributed by atoms with Crippen LogP contribution in [0.25, 0.3) is 0 Å². The number of carbonyl (C=O) groups is 1. The Bertz CT molecular complexity index is 350. The number of thiophene rings is 1. The van der Waals surface area contributed by atoms with Gasteiger partial charge in [-0.25, -0.2) is 0 Å². The van der Waals surface area contributed by atoms with Gasteiger partial charge in [0.15, 0.2) is 5.78 Å². The second kappa shape index (κ2) is 6.50. The molecule has 0 aliphatic carbocycles. The number of ketones is 1. The van der Waals surface area contributed by atoms with Crippen LogP contribution in [0.3, 0.4) is 0 Å². The monoisotopic (exact) mass is 242 g/mol. The van der Waals surface area contributed by atoms with Crippen LogP contribution in [0.1, 0.15) is 29.4 Å². The molecule has 16 heavy (non-hydrogen) atoms. The Morgan fingerprint density at radius 2 is 2.38 bits per heavy atom. The van der Waals surface area contributed by atoms with Crippen molar-refractivity contribution in [2.45, 2.75) is 19.8 Å². The van der Waals surface area contributed by atoms with Crippen LogP contribution >= 0.6 is 11.3 Å². The largest absolute Gasteiger partial charge is 0.397 e. The molecule has 0 saturated heterocycles. The molecule has 0 aromatic carbocycles. The molecular formula is C11H18N2O2S. The van der Waals surface area contributed by atoms with E-state index in [0.717, 1.165) is 24.6 Å². The second-order valence-electron chi connectivity index (χ2n) is 3.44. The maximum absolute atomic E-state index is 11.5. The van der Waals surface area contributed by atoms with Crippen LogP contribution in [-0.2, 0) is 4.74 Å². The summed E-state index contributed by atoms with van der Waals surface area (Å²) in [5.41, 5.74) is 6.35. The molecule has 0 spiro atoms. The number of carbonyl (C=O) groups excluding carboxylic acids is 1. The average Bonchev–Trinajstić information content (AvgIpc) is 2.65. The van der Waals surface area contributed by atoms with Gasteiger partial charge in [0, 0.05) is 26.7 Å². The van der Waals surface area contributed by atoms with Crippen molar-refractivity contribution in [1.82, 2.24) is 0 Å². The molecule has 0 atom stereocenters. The van der Waals surface area contributed by atoms with Crippen molar-refractivity contribution >= 4 is 27.8 Å². The number of hydrogen-bond donors (Lipinski definition) is 2. The first kappa shape index (κ1) is 13.0. The number of nitrogens with one attached hydrogen (secondary N) is 1. The lowest BCUT2D eigenvalue weighted by Gasteiger charge is -2.01. The van der Waals surface area contributed by atoms with Crippen LogP contribution in [0.2, 0.25) is 0 Å². The van der Waals surface area contributed by atoms with Gasteiger partial charge < -0.3 is 15.8 Å². The first-order chi connectivity index (χ1) is 7.69. The molecule has 3 N–H and O–H groups in total. The van der Waals surface area contributed by atoms with Crippen LogP contribution in [-0.4, -0.2) is 26.0 Å². The summed E-state index contributed by atoms with van der Waals surface area (Å²) in [7, 11) is 1.68. The van der Waals surface area contributed by atoms with E-state index in [2.05, 4.69) is 5.32 Å². The number of rotatable bonds is 7. The lowest BCUT2D eigenvalue weighted by atomic mass is 10.2. The highest BCUT2D eigenvalue weighted by atomic mass is 32.1. The van der Waals surface area contributed by atoms with Crippen molar-refractivity contribution in [3.05, 3.63) is 10.9 Å². The first-order valence-corrected chi connectivity index (χ1v) is 6.16. The predicted octanol–water partition coefficient (Wildman–Crippen LogP) is 2.37. The smallest absolute Gasteiger partial charge is 0.174 e. The quantitative estimate of drug-likeness (QED) is 0.569. The molecule has 0 saturated carbocycles. The number of methoxy groups -OCH3 is 1. The number of nitrogen functional groups attached to an aromatic ring is 1. The van der Waals surface area contributed by atoms with Crippen LogP contribution in [0, 0.1) is 0 Å². The first-order valence-electron chi connectivity index (χ1n) is 5.34. The van der Waals surface area contributed by atoms with E-state index in [1.54, 1.807) is 7.11 Å². The molecule has 90 valence electrons. The minimum Gasteiger partial charge on any atom is -0.397 e. The molecule has 1 aromatic heterocycles. The summed E-state index contributed by atoms with van der Waals surface area (Å²) in [6.45, 7) is 3.40. The minimum atomic E-state index is 0.104. The van der Waals surface area contributed by atoms with Gasteiger partial charge >= 0.3 is 0 Å². The summed E-state index contributed by atoms with van der Waals surface area (Å²) < 4.78 is 4.95. The fourth-order valence-corrected chi connectivity index (χ4v) is 2.31. The number of nitrogens with two attached hydrogens (primary N) is 1. The molecule has 4 nitrogen and oxygen atoms in total. The third-order valence-corrected chi connectivity index (χ3v) is 3.31. The van der Waals surface area contributed by atoms with Gasteiger partial charge in [0.2, 0.25) is 0 Å². The van der Waals surface area contributed by atoms with Crippen LogP contribution in [0.4, 0.5) is 10.7 Å². The van der Waals surface area contributed by atoms with E-state index in [0.29, 0.717) is 17.0 Å². The zero-order chi connectivity index (χ0) is 12.0. The summed E-state index contributed by atoms with van der Waals surface area (Å²) in [4.78, 5) is 12.2. The van der Waals surface area contributed by atoms with E-state index in [9.17, 15) is 4.79 Å². The highest BCUT2D eigenvalue weighted by Crippen LogP contribution is 2.30. The lowest BCUT2D eigenvalue weighted by Crippen LogP contribution is -2.03. The highest BCUT2D eigenvalue weighted by molar-refractivity contribution is 7.18. The van der Waals surface area contributed by atoms with E-state index < -0.39 is 0 Å². The van der Waals surface area contributed by atoms with Gasteiger partial charge in [0.05, 0.1) is 15.6 Å². The molecule has 1 heterocycles. The highest BCUT2D eigenvalue weighted by Gasteiger charge is 2.12. The summed E-state index contributed by atoms with van der Waals surface area (Å²) >= 11 is 1.42. The standard InChI is InChI=1S/C11H18N2O2S/c1-3-9(14)11-8(12)7-10(16-11)13-5-4-6-15-2/h7,13H,3-6,12H2,1-2H3. The lowest BCUT2D eigenvalue weighted by molar-refractivity contribution is 0.0993. The van der Waals surface area contributed by atoms with E-state index in [1.165, 1.54) is 11.3 Å². The summed E-state index contributed by atoms with van der Waals surface area (Å²) in [6, 6.07) is 1.82. The normalized spacial score (nSPS) is 10.4. The maximum Gasteiger partial charge on any atom is 0.174 e. The Labute approximate surface area is 99.8 Å². The fourth-order valence-electron chi connectivity index (χ4n) is 1.30. The number of ether oxygens (including phenoxy) is 1. The van der Waals surface area contributed by atoms with E-state index >= 15 is 0 Å². The molecule has 0 aliphatic rings. The minimum absolute atomic E-state index is 0.104. The Kier molecular flexibility index (Phi) is 5.28. The third-order valence-electron chi connectivity index (χ3n) is 2.16. The van der Waals surface area contributed by atoms with Gasteiger partial charge in [-0.2, -0.15) is 0 Å². The van der Waals surface area contributed by atoms with Gasteiger partial charge in [0.1, 0.15) is 0 Å². The van der Waals surface area contributed by atoms with Gasteiger partial charge in [-0.1, -0.05) is 6.92 Å². The Morgan fingerprint density at radius 1 is 1.62 bits per heavy atom. The molecule has 5 heteroatoms. The maximum atomic E-state index is 11.5. The number of anilines is 2. The Hall–Kier alpha value is -1.07. The van der Waals surface area contributed by atoms with Gasteiger partial charge in [-0.15, -0.1) is 11.3 Å². The molecule has 1 rings (SSSR count). The zero-order valence-corrected chi connectivity index (χ0v) is 10.5. The second-order valence-corrected chi connectivity index (χ2v) is 4.50. The number of hydrogen-bond acceptors (Lipinski definition) is 5. The van der Waals surface area contributed by atoms with Crippen LogP contribution in [0.15, 0.2) is 6.07 Å². The Morgan fingerprint density at radius 3 is 3.00 bits per heavy atom. The van der Waals surface area contributed by atoms with Crippen LogP contribution < -0.4 is 11.1 Å². The summed E-state index contributed by atoms with van der Waals surface area (Å²) in [6.07, 6.45) is 1.43. The summed E-state index contributed by atoms with van der Waals surface area (Å²) in [5.74, 6) is 0.104. The van der Waals surface area contributed by atoms with Crippen molar-refractivity contribution in [2.24, 2.45) is 0 Å². The molecule has 0 fully saturated rings. The molecule has 0 radical (unpaired) electrons. The molecule has 0 amide bonds. The van der Waals surface area contributed by atoms with Crippen molar-refractivity contribution in [1.29, 1.82) is 0 Å². The average molecular weight is 242 g/mol. The molecule has 0 aliphatic heterocycles. The van der Waals surface area contributed by atoms with Crippen molar-refractivity contribution in [3.63, 3.8) is 0 Å². The zero-order valence-electron chi connectivity index (χ0n) is 9.71. The Balaban J connectivity index is 2.52. The van der Waals surface area contributed by atoms with Gasteiger partial charge in [-0.05, 0) is 12.5 Å². The van der Waals surface area contributed by atoms with E-state index in [4.69, 9.17) is 10.5 Å². The van der Waals surface area contributed by atoms with Gasteiger partial charge in [0.25, 0.3) is 0 Å². The SMILES string of the molecule is CCC(=O)c1sc(NCCCOC)cc1N. The van der Waals surface area contributed by atoms with Crippen molar-refractivity contribution < 1.29 is 9.53 Å². The van der Waals surface area contributed by atoms with Crippen molar-refractivity contribution in [3.8, 4) is 0 Å². The molecule has 0 bridgehead atoms. The number of Topliss-reactive ketones (excluding diaryl/α,β-unsaturated/α-hetero) is 1. The van der Waals surface area contributed by atoms with Gasteiger partial charge in [-0.3, -0.25) is 4.79 Å². The molecular weight excluding hydrogens is 224 g/mol. The third kappa shape index (κ3) is 3.50. The van der Waals surface area contributed by atoms with E-state index in [-0.39, 0.29) is 5.78 Å². The van der Waals surface area contributed by atoms with Crippen LogP contribution in [0.5, 0.6) is 0 Å². The summed E-state index contributed by atoms with van der Waals surface area (Å²) in [5, 5.41) is 4.18. The van der Waals surface area contributed by atoms with Crippen molar-refractivity contribution in [2.75, 3.05) is 31.3 Å². The van der Waals surface area contributed by atoms with E-state index in [1.807, 2.05) is 13.0 Å². The predicted molar refractivity (Wildman–Crippen MR) is 68.3 cm³/mol. The topological polar surface area (TPSA) is 64.3 Å². The molecule has 1 aromatic rings.